The van der Waals surface area contributed by atoms with Gasteiger partial charge in [-0.05, 0) is 38.2 Å². The molecule has 3 rings (SSSR count). The lowest BCUT2D eigenvalue weighted by Gasteiger charge is -2.33. The van der Waals surface area contributed by atoms with Crippen molar-refractivity contribution in [2.24, 2.45) is 5.41 Å². The van der Waals surface area contributed by atoms with E-state index in [2.05, 4.69) is 43.0 Å². The van der Waals surface area contributed by atoms with Gasteiger partial charge in [-0.2, -0.15) is 0 Å². The average Bonchev–Trinajstić information content (AvgIpc) is 2.87. The molecule has 1 aromatic rings. The maximum atomic E-state index is 12.3. The molecule has 160 valence electrons. The molecule has 0 aromatic heterocycles. The van der Waals surface area contributed by atoms with Gasteiger partial charge in [0, 0.05) is 51.4 Å². The number of ether oxygens (including phenoxy) is 1. The molecule has 1 aromatic carbocycles. The number of nitrogens with zero attached hydrogens (tertiary/aromatic N) is 2. The van der Waals surface area contributed by atoms with Gasteiger partial charge in [0.05, 0.1) is 0 Å². The van der Waals surface area contributed by atoms with E-state index in [-0.39, 0.29) is 18.6 Å². The summed E-state index contributed by atoms with van der Waals surface area (Å²) in [6.45, 7) is 15.6. The zero-order valence-electron chi connectivity index (χ0n) is 18.6. The Bertz CT molecular complexity index is 677. The minimum absolute atomic E-state index is 0.0798. The Labute approximate surface area is 175 Å². The smallest absolute Gasteiger partial charge is 0.444 e. The Morgan fingerprint density at radius 3 is 2.34 bits per heavy atom. The van der Waals surface area contributed by atoms with Gasteiger partial charge >= 0.3 is 13.2 Å². The first kappa shape index (κ1) is 22.1. The fraction of sp³-hybridized carbons (Fsp3) is 0.682. The molecule has 2 fully saturated rings. The number of benzene rings is 1. The van der Waals surface area contributed by atoms with Crippen molar-refractivity contribution in [3.63, 3.8) is 0 Å². The highest BCUT2D eigenvalue weighted by atomic mass is 16.6. The summed E-state index contributed by atoms with van der Waals surface area (Å²) in [5.74, 6) is 0. The third-order valence-corrected chi connectivity index (χ3v) is 5.15. The first-order valence-electron chi connectivity index (χ1n) is 10.6. The molecule has 0 spiro atoms. The molecule has 0 N–H and O–H groups in total. The van der Waals surface area contributed by atoms with E-state index in [1.807, 2.05) is 25.7 Å². The molecule has 0 bridgehead atoms. The minimum Gasteiger partial charge on any atom is -0.444 e. The Balaban J connectivity index is 1.50. The second-order valence-electron chi connectivity index (χ2n) is 9.96. The third-order valence-electron chi connectivity index (χ3n) is 5.15. The van der Waals surface area contributed by atoms with E-state index in [4.69, 9.17) is 14.0 Å². The van der Waals surface area contributed by atoms with Crippen LogP contribution < -0.4 is 5.46 Å². The summed E-state index contributed by atoms with van der Waals surface area (Å²) in [7, 11) is -0.266. The minimum atomic E-state index is -0.452. The fourth-order valence-electron chi connectivity index (χ4n) is 3.56. The van der Waals surface area contributed by atoms with E-state index < -0.39 is 5.60 Å². The lowest BCUT2D eigenvalue weighted by Crippen LogP contribution is -2.47. The molecule has 6 nitrogen and oxygen atoms in total. The van der Waals surface area contributed by atoms with Crippen molar-refractivity contribution in [2.45, 2.75) is 53.2 Å². The topological polar surface area (TPSA) is 51.2 Å². The number of rotatable bonds is 3. The van der Waals surface area contributed by atoms with E-state index in [1.165, 1.54) is 5.56 Å². The number of carbonyl (C=O) groups is 1. The van der Waals surface area contributed by atoms with Crippen LogP contribution in [0.25, 0.3) is 0 Å². The Morgan fingerprint density at radius 1 is 1.07 bits per heavy atom. The van der Waals surface area contributed by atoms with E-state index in [9.17, 15) is 4.79 Å². The van der Waals surface area contributed by atoms with Gasteiger partial charge in [-0.3, -0.25) is 4.90 Å². The fourth-order valence-corrected chi connectivity index (χ4v) is 3.56. The summed E-state index contributed by atoms with van der Waals surface area (Å²) < 4.78 is 17.3. The van der Waals surface area contributed by atoms with Gasteiger partial charge in [0.15, 0.2) is 0 Å². The van der Waals surface area contributed by atoms with E-state index in [0.717, 1.165) is 38.1 Å². The highest BCUT2D eigenvalue weighted by Crippen LogP contribution is 2.21. The lowest BCUT2D eigenvalue weighted by molar-refractivity contribution is 0.0257. The molecule has 29 heavy (non-hydrogen) atoms. The Hall–Kier alpha value is -1.57. The van der Waals surface area contributed by atoms with Crippen molar-refractivity contribution in [1.29, 1.82) is 0 Å². The zero-order valence-corrected chi connectivity index (χ0v) is 18.6. The third kappa shape index (κ3) is 6.73. The summed E-state index contributed by atoms with van der Waals surface area (Å²) in [5.41, 5.74) is 1.95. The molecule has 0 saturated carbocycles. The predicted octanol–water partition coefficient (Wildman–Crippen LogP) is 2.90. The monoisotopic (exact) mass is 402 g/mol. The maximum absolute atomic E-state index is 12.3. The number of hydrogen-bond donors (Lipinski definition) is 0. The maximum Gasteiger partial charge on any atom is 0.493 e. The number of carbonyl (C=O) groups excluding carboxylic acids is 1. The van der Waals surface area contributed by atoms with E-state index in [1.54, 1.807) is 0 Å². The molecule has 2 aliphatic heterocycles. The van der Waals surface area contributed by atoms with Crippen molar-refractivity contribution in [1.82, 2.24) is 9.80 Å². The normalized spacial score (nSPS) is 21.0. The van der Waals surface area contributed by atoms with Gasteiger partial charge in [0.2, 0.25) is 0 Å². The van der Waals surface area contributed by atoms with Gasteiger partial charge in [0.25, 0.3) is 0 Å². The summed E-state index contributed by atoms with van der Waals surface area (Å²) in [6, 6.07) is 8.50. The molecule has 0 unspecified atom stereocenters. The van der Waals surface area contributed by atoms with Crippen molar-refractivity contribution in [2.75, 3.05) is 39.4 Å². The average molecular weight is 402 g/mol. The molecule has 0 atom stereocenters. The highest BCUT2D eigenvalue weighted by molar-refractivity contribution is 6.61. The molecular weight excluding hydrogens is 367 g/mol. The van der Waals surface area contributed by atoms with Crippen molar-refractivity contribution in [3.8, 4) is 0 Å². The second-order valence-corrected chi connectivity index (χ2v) is 9.96. The first-order valence-corrected chi connectivity index (χ1v) is 10.6. The largest absolute Gasteiger partial charge is 0.493 e. The Morgan fingerprint density at radius 2 is 1.72 bits per heavy atom. The van der Waals surface area contributed by atoms with Crippen LogP contribution in [0, 0.1) is 5.41 Å². The van der Waals surface area contributed by atoms with Gasteiger partial charge in [-0.1, -0.05) is 38.1 Å². The molecule has 1 amide bonds. The van der Waals surface area contributed by atoms with E-state index in [0.29, 0.717) is 19.8 Å². The van der Waals surface area contributed by atoms with Gasteiger partial charge < -0.3 is 18.9 Å². The highest BCUT2D eigenvalue weighted by Gasteiger charge is 2.33. The van der Waals surface area contributed by atoms with Crippen molar-refractivity contribution >= 4 is 18.7 Å². The lowest BCUT2D eigenvalue weighted by atomic mass is 9.75. The SMILES string of the molecule is CC1(C)COB(c2ccc(CN3CCCN(C(=O)OC(C)(C)C)CC3)cc2)OC1. The Kier molecular flexibility index (Phi) is 6.92. The van der Waals surface area contributed by atoms with Crippen molar-refractivity contribution in [3.05, 3.63) is 29.8 Å². The number of hydrogen-bond acceptors (Lipinski definition) is 5. The standard InChI is InChI=1S/C22H35BN2O4/c1-21(2,3)29-20(26)25-12-6-11-24(13-14-25)15-18-7-9-19(10-8-18)23-27-16-22(4,5)17-28-23/h7-10H,6,11-17H2,1-5H3. The quantitative estimate of drug-likeness (QED) is 0.728. The van der Waals surface area contributed by atoms with Crippen LogP contribution >= 0.6 is 0 Å². The van der Waals surface area contributed by atoms with Crippen LogP contribution in [-0.2, 0) is 20.6 Å². The van der Waals surface area contributed by atoms with Crippen LogP contribution in [0.3, 0.4) is 0 Å². The molecular formula is C22H35BN2O4. The number of amides is 1. The summed E-state index contributed by atoms with van der Waals surface area (Å²) in [5, 5.41) is 0. The van der Waals surface area contributed by atoms with Crippen LogP contribution in [0.2, 0.25) is 0 Å². The van der Waals surface area contributed by atoms with Crippen LogP contribution in [0.15, 0.2) is 24.3 Å². The zero-order chi connectivity index (χ0) is 21.1. The van der Waals surface area contributed by atoms with Crippen LogP contribution in [0.1, 0.15) is 46.6 Å². The van der Waals surface area contributed by atoms with Gasteiger partial charge in [0.1, 0.15) is 5.60 Å². The molecule has 2 saturated heterocycles. The molecule has 2 aliphatic rings. The van der Waals surface area contributed by atoms with Crippen LogP contribution in [0.5, 0.6) is 0 Å². The molecule has 0 radical (unpaired) electrons. The van der Waals surface area contributed by atoms with E-state index >= 15 is 0 Å². The summed E-state index contributed by atoms with van der Waals surface area (Å²) in [4.78, 5) is 16.5. The predicted molar refractivity (Wildman–Crippen MR) is 115 cm³/mol. The van der Waals surface area contributed by atoms with Gasteiger partial charge in [-0.25, -0.2) is 4.79 Å². The molecule has 0 aliphatic carbocycles. The van der Waals surface area contributed by atoms with Crippen LogP contribution in [-0.4, -0.2) is 68.0 Å². The second kappa shape index (κ2) is 9.06. The first-order chi connectivity index (χ1) is 13.6. The molecule has 2 heterocycles. The summed E-state index contributed by atoms with van der Waals surface area (Å²) in [6.07, 6.45) is 0.746. The van der Waals surface area contributed by atoms with Crippen molar-refractivity contribution < 1.29 is 18.8 Å². The molecule has 7 heteroatoms. The summed E-state index contributed by atoms with van der Waals surface area (Å²) >= 11 is 0. The van der Waals surface area contributed by atoms with Gasteiger partial charge in [-0.15, -0.1) is 0 Å². The van der Waals surface area contributed by atoms with Crippen LogP contribution in [0.4, 0.5) is 4.79 Å².